The molecule has 8 nitrogen and oxygen atoms in total. The van der Waals surface area contributed by atoms with Crippen molar-refractivity contribution in [3.05, 3.63) is 130 Å². The predicted octanol–water partition coefficient (Wildman–Crippen LogP) is 24.0. The number of likely N-dealkylation sites (tertiary alicyclic amines) is 3. The van der Waals surface area contributed by atoms with E-state index in [0.29, 0.717) is 29.7 Å². The maximum absolute atomic E-state index is 2.56. The lowest BCUT2D eigenvalue weighted by Gasteiger charge is -2.34. The van der Waals surface area contributed by atoms with Crippen LogP contribution in [-0.4, -0.2) is 149 Å². The Balaban J connectivity index is -0.000000498. The molecule has 0 bridgehead atoms. The van der Waals surface area contributed by atoms with Gasteiger partial charge in [0.15, 0.2) is 0 Å². The van der Waals surface area contributed by atoms with Crippen LogP contribution in [0.2, 0.25) is 0 Å². The number of rotatable bonds is 7. The van der Waals surface area contributed by atoms with E-state index in [1.165, 1.54) is 175 Å². The van der Waals surface area contributed by atoms with Gasteiger partial charge >= 0.3 is 0 Å². The first-order valence-corrected chi connectivity index (χ1v) is 40.9. The fourth-order valence-corrected chi connectivity index (χ4v) is 11.9. The summed E-state index contributed by atoms with van der Waals surface area (Å²) < 4.78 is 0. The van der Waals surface area contributed by atoms with Crippen LogP contribution in [0.3, 0.4) is 0 Å². The van der Waals surface area contributed by atoms with Crippen LogP contribution in [0, 0.1) is 0 Å². The zero-order valence-corrected chi connectivity index (χ0v) is 71.3. The number of nitrogens with zero attached hydrogens (tertiary/aromatic N) is 8. The molecule has 4 aromatic carbocycles. The van der Waals surface area contributed by atoms with Gasteiger partial charge < -0.3 is 19.6 Å². The van der Waals surface area contributed by atoms with Gasteiger partial charge in [-0.2, -0.15) is 0 Å². The SMILES string of the molecule is CC.CC.CC.CC.CC.CC.CC.CC.CC(C)(C)N1CCCC1.CC(C)N1CC1.CC(C)N1CCC1.CC(C)N1CCCCC1.CC(C)N1CCCc2ccccc21.CC(C)N1CCc2ccccc21.CC(C)N1CCc2ccccc2C1.CC(C)N1Cc2ccccc2C1. The average Bonchev–Trinajstić information content (AvgIpc) is 1.20. The topological polar surface area (TPSA) is 25.7 Å². The van der Waals surface area contributed by atoms with Crippen LogP contribution in [0.5, 0.6) is 0 Å². The first kappa shape index (κ1) is 99.6. The van der Waals surface area contributed by atoms with Crippen molar-refractivity contribution in [2.75, 3.05) is 81.8 Å². The van der Waals surface area contributed by atoms with Gasteiger partial charge in [-0.25, -0.2) is 0 Å². The molecule has 8 aliphatic heterocycles. The van der Waals surface area contributed by atoms with Crippen molar-refractivity contribution in [1.82, 2.24) is 29.4 Å². The van der Waals surface area contributed by atoms with Gasteiger partial charge in [-0.15, -0.1) is 0 Å². The van der Waals surface area contributed by atoms with E-state index in [1.807, 2.05) is 111 Å². The fraction of sp³-hybridized carbons (Fsp3) is 0.730. The summed E-state index contributed by atoms with van der Waals surface area (Å²) in [5, 5.41) is 0. The van der Waals surface area contributed by atoms with Crippen LogP contribution < -0.4 is 9.80 Å². The van der Waals surface area contributed by atoms with Crippen LogP contribution in [0.25, 0.3) is 0 Å². The Labute approximate surface area is 609 Å². The summed E-state index contributed by atoms with van der Waals surface area (Å²) in [6, 6.07) is 40.0. The third-order valence-electron chi connectivity index (χ3n) is 17.8. The van der Waals surface area contributed by atoms with Crippen molar-refractivity contribution in [2.45, 2.75) is 360 Å². The minimum absolute atomic E-state index is 0.413. The highest BCUT2D eigenvalue weighted by Gasteiger charge is 2.25. The van der Waals surface area contributed by atoms with Crippen LogP contribution >= 0.6 is 0 Å². The van der Waals surface area contributed by atoms with Crippen LogP contribution in [0.1, 0.15) is 307 Å². The molecule has 8 heterocycles. The lowest BCUT2D eigenvalue weighted by Crippen LogP contribution is -2.41. The van der Waals surface area contributed by atoms with E-state index in [4.69, 9.17) is 0 Å². The van der Waals surface area contributed by atoms with Gasteiger partial charge in [0.1, 0.15) is 0 Å². The van der Waals surface area contributed by atoms with E-state index in [1.54, 1.807) is 5.56 Å². The Hall–Kier alpha value is -3.76. The molecule has 97 heavy (non-hydrogen) atoms. The number of piperidine rings is 1. The summed E-state index contributed by atoms with van der Waals surface area (Å²) in [6.07, 6.45) is 13.5. The van der Waals surface area contributed by atoms with Crippen LogP contribution in [0.15, 0.2) is 97.1 Å². The highest BCUT2D eigenvalue weighted by atomic mass is 15.3. The standard InChI is InChI=1S/2C12H17N.2C11H15N.2C8H17N.C6H13N.C5H11N.8C2H6/c1-10(2)13-9-5-7-11-6-3-4-8-12(11)13;1-10(2)13-8-7-11-5-3-4-6-12(11)9-13;1-9(2)12-7-10-5-3-4-6-11(10)8-12;1-9(2)12-8-7-10-5-3-4-6-11(10)12;1-8(2,3)9-6-4-5-7-9;1-8(2)9-6-4-3-5-7-9;1-6(2)7-4-3-5-7;1-5(2)6-3-4-6;8*1-2/h3-4,6,8,10H,5,7,9H2,1-2H3;3-6,10H,7-9H2,1-2H3;2*3-6,9H,7-8H2,1-2H3;4-7H2,1-3H3;8H,3-7H2,1-2H3;6H,3-5H2,1-2H3;5H,3-4H2,1-2H3;8*1-2H3. The zero-order chi connectivity index (χ0) is 75.1. The van der Waals surface area contributed by atoms with E-state index in [-0.39, 0.29) is 0 Å². The molecular weight excluding hydrogens is 1180 g/mol. The van der Waals surface area contributed by atoms with E-state index >= 15 is 0 Å². The Morgan fingerprint density at radius 1 is 0.237 bits per heavy atom. The van der Waals surface area contributed by atoms with Gasteiger partial charge in [0.2, 0.25) is 0 Å². The van der Waals surface area contributed by atoms with Crippen molar-refractivity contribution in [3.63, 3.8) is 0 Å². The lowest BCUT2D eigenvalue weighted by atomic mass is 9.99. The third-order valence-corrected chi connectivity index (χ3v) is 17.8. The van der Waals surface area contributed by atoms with E-state index in [2.05, 4.69) is 254 Å². The summed E-state index contributed by atoms with van der Waals surface area (Å²) in [5.41, 5.74) is 12.4. The Morgan fingerprint density at radius 3 is 0.835 bits per heavy atom. The molecule has 0 spiro atoms. The molecule has 0 aromatic heterocycles. The van der Waals surface area contributed by atoms with Gasteiger partial charge in [-0.05, 0) is 260 Å². The molecular formula is C89H170N8. The second kappa shape index (κ2) is 62.1. The monoisotopic (exact) mass is 1350 g/mol. The zero-order valence-electron chi connectivity index (χ0n) is 71.3. The van der Waals surface area contributed by atoms with Gasteiger partial charge in [0, 0.05) is 112 Å². The Bertz CT molecular complexity index is 2280. The van der Waals surface area contributed by atoms with Crippen molar-refractivity contribution in [2.24, 2.45) is 0 Å². The average molecular weight is 1350 g/mol. The molecule has 8 aliphatic rings. The number of hydrogen-bond donors (Lipinski definition) is 0. The summed E-state index contributed by atoms with van der Waals surface area (Å²) in [6.45, 7) is 88.1. The summed E-state index contributed by atoms with van der Waals surface area (Å²) in [7, 11) is 0. The third kappa shape index (κ3) is 41.7. The first-order chi connectivity index (χ1) is 46.6. The van der Waals surface area contributed by atoms with Gasteiger partial charge in [0.25, 0.3) is 0 Å². The number of aryl methyl sites for hydroxylation is 1. The molecule has 4 saturated heterocycles. The normalized spacial score (nSPS) is 16.3. The molecule has 0 saturated carbocycles. The van der Waals surface area contributed by atoms with Crippen LogP contribution in [-0.2, 0) is 38.9 Å². The predicted molar refractivity (Wildman–Crippen MR) is 446 cm³/mol. The first-order valence-electron chi connectivity index (χ1n) is 40.9. The molecule has 0 radical (unpaired) electrons. The maximum Gasteiger partial charge on any atom is 0.0401 e. The van der Waals surface area contributed by atoms with Crippen molar-refractivity contribution in [1.29, 1.82) is 0 Å². The number of fused-ring (bicyclic) bond motifs is 4. The van der Waals surface area contributed by atoms with E-state index < -0.39 is 0 Å². The van der Waals surface area contributed by atoms with Gasteiger partial charge in [-0.3, -0.25) is 19.6 Å². The van der Waals surface area contributed by atoms with Crippen molar-refractivity contribution >= 4 is 11.4 Å². The fourth-order valence-electron chi connectivity index (χ4n) is 11.9. The number of anilines is 2. The molecule has 0 amide bonds. The number of benzene rings is 4. The number of para-hydroxylation sites is 2. The van der Waals surface area contributed by atoms with Crippen molar-refractivity contribution < 1.29 is 0 Å². The molecule has 0 aliphatic carbocycles. The second-order valence-corrected chi connectivity index (χ2v) is 27.2. The lowest BCUT2D eigenvalue weighted by molar-refractivity contribution is 0.138. The summed E-state index contributed by atoms with van der Waals surface area (Å²) in [5.74, 6) is 0. The molecule has 0 unspecified atom stereocenters. The minimum Gasteiger partial charge on any atom is -0.369 e. The number of hydrogen-bond acceptors (Lipinski definition) is 8. The maximum atomic E-state index is 2.56. The largest absolute Gasteiger partial charge is 0.369 e. The van der Waals surface area contributed by atoms with E-state index in [9.17, 15) is 0 Å². The Kier molecular flexibility index (Phi) is 63.7. The quantitative estimate of drug-likeness (QED) is 0.169. The molecule has 0 atom stereocenters. The molecule has 4 fully saturated rings. The summed E-state index contributed by atoms with van der Waals surface area (Å²) >= 11 is 0. The highest BCUT2D eigenvalue weighted by Crippen LogP contribution is 2.30. The molecule has 0 N–H and O–H groups in total. The smallest absolute Gasteiger partial charge is 0.0401 e. The van der Waals surface area contributed by atoms with Crippen LogP contribution in [0.4, 0.5) is 11.4 Å². The van der Waals surface area contributed by atoms with E-state index in [0.717, 1.165) is 37.8 Å². The molecule has 8 heteroatoms. The second-order valence-electron chi connectivity index (χ2n) is 27.2. The summed E-state index contributed by atoms with van der Waals surface area (Å²) in [4.78, 5) is 20.0. The van der Waals surface area contributed by atoms with Crippen molar-refractivity contribution in [3.8, 4) is 0 Å². The van der Waals surface area contributed by atoms with Gasteiger partial charge in [-0.1, -0.05) is 202 Å². The Morgan fingerprint density at radius 2 is 0.526 bits per heavy atom. The molecule has 12 rings (SSSR count). The minimum atomic E-state index is 0.413. The molecule has 566 valence electrons. The highest BCUT2D eigenvalue weighted by molar-refractivity contribution is 5.58. The molecule has 4 aromatic rings. The van der Waals surface area contributed by atoms with Gasteiger partial charge in [0.05, 0.1) is 0 Å².